The maximum Gasteiger partial charge on any atom is 1.00 e. The predicted molar refractivity (Wildman–Crippen MR) is 126 cm³/mol. The molecule has 0 saturated carbocycles. The summed E-state index contributed by atoms with van der Waals surface area (Å²) in [6.45, 7) is 4.01. The summed E-state index contributed by atoms with van der Waals surface area (Å²) < 4.78 is 39.5. The molecule has 1 heterocycles. The number of alkyl carbamates (subject to hydrolysis) is 1. The van der Waals surface area contributed by atoms with Crippen LogP contribution in [0, 0.1) is 11.8 Å². The van der Waals surface area contributed by atoms with E-state index in [1.807, 2.05) is 19.9 Å². The van der Waals surface area contributed by atoms with Gasteiger partial charge in [0, 0.05) is 23.9 Å². The number of rotatable bonds is 12. The van der Waals surface area contributed by atoms with Crippen LogP contribution in [0.4, 0.5) is 4.79 Å². The molecule has 4 N–H and O–H groups in total. The minimum Gasteiger partial charge on any atom is -0.746 e. The van der Waals surface area contributed by atoms with Crippen LogP contribution < -0.4 is 45.5 Å². The number of benzene rings is 1. The van der Waals surface area contributed by atoms with Gasteiger partial charge in [-0.2, -0.15) is 0 Å². The van der Waals surface area contributed by atoms with Gasteiger partial charge < -0.3 is 30.3 Å². The van der Waals surface area contributed by atoms with Gasteiger partial charge in [-0.15, -0.1) is 0 Å². The van der Waals surface area contributed by atoms with Gasteiger partial charge in [-0.25, -0.2) is 13.2 Å². The molecule has 0 spiro atoms. The first-order valence-electron chi connectivity index (χ1n) is 11.3. The number of halogens is 1. The maximum absolute atomic E-state index is 12.9. The van der Waals surface area contributed by atoms with E-state index in [0.717, 1.165) is 5.56 Å². The van der Waals surface area contributed by atoms with Crippen LogP contribution in [0.5, 0.6) is 0 Å². The second-order valence-electron chi connectivity index (χ2n) is 8.85. The molecule has 1 unspecified atom stereocenters. The van der Waals surface area contributed by atoms with Crippen LogP contribution in [0.1, 0.15) is 38.7 Å². The predicted octanol–water partition coefficient (Wildman–Crippen LogP) is -2.10. The Morgan fingerprint density at radius 2 is 2.00 bits per heavy atom. The molecule has 1 aromatic carbocycles. The molecule has 196 valence electrons. The Kier molecular flexibility index (Phi) is 13.7. The molecule has 36 heavy (non-hydrogen) atoms. The quantitative estimate of drug-likeness (QED) is 0.168. The monoisotopic (exact) mass is 555 g/mol. The Morgan fingerprint density at radius 3 is 2.56 bits per heavy atom. The van der Waals surface area contributed by atoms with Crippen molar-refractivity contribution < 1.29 is 66.8 Å². The van der Waals surface area contributed by atoms with Crippen molar-refractivity contribution in [2.24, 2.45) is 11.8 Å². The van der Waals surface area contributed by atoms with Crippen LogP contribution in [0.25, 0.3) is 0 Å². The molecule has 1 aliphatic heterocycles. The van der Waals surface area contributed by atoms with E-state index in [9.17, 15) is 32.5 Å². The number of hydrogen-bond donors (Lipinski definition) is 4. The third kappa shape index (κ3) is 10.9. The molecule has 1 fully saturated rings. The molecular formula is C22H31ClN3NaO8S. The average molecular weight is 556 g/mol. The Bertz CT molecular complexity index is 1010. The van der Waals surface area contributed by atoms with Crippen molar-refractivity contribution in [2.45, 2.75) is 57.1 Å². The van der Waals surface area contributed by atoms with Crippen LogP contribution in [-0.2, 0) is 30.9 Å². The largest absolute Gasteiger partial charge is 1.00 e. The summed E-state index contributed by atoms with van der Waals surface area (Å²) in [5, 5.41) is 18.0. The van der Waals surface area contributed by atoms with Gasteiger partial charge in [-0.1, -0.05) is 37.6 Å². The second kappa shape index (κ2) is 15.1. The molecule has 1 saturated heterocycles. The van der Waals surface area contributed by atoms with E-state index >= 15 is 0 Å². The summed E-state index contributed by atoms with van der Waals surface area (Å²) in [6, 6.07) is 4.38. The van der Waals surface area contributed by atoms with E-state index in [0.29, 0.717) is 24.4 Å². The van der Waals surface area contributed by atoms with E-state index in [1.165, 1.54) is 0 Å². The maximum atomic E-state index is 12.9. The molecule has 0 bridgehead atoms. The minimum absolute atomic E-state index is 0. The molecule has 11 nitrogen and oxygen atoms in total. The van der Waals surface area contributed by atoms with E-state index < -0.39 is 45.6 Å². The van der Waals surface area contributed by atoms with Gasteiger partial charge >= 0.3 is 35.7 Å². The van der Waals surface area contributed by atoms with Crippen LogP contribution >= 0.6 is 11.6 Å². The van der Waals surface area contributed by atoms with Crippen LogP contribution in [0.2, 0.25) is 5.02 Å². The minimum atomic E-state index is -5.18. The average Bonchev–Trinajstić information content (AvgIpc) is 3.15. The summed E-state index contributed by atoms with van der Waals surface area (Å²) in [5.74, 6) is -1.90. The molecule has 1 aliphatic rings. The van der Waals surface area contributed by atoms with Gasteiger partial charge in [0.1, 0.15) is 16.2 Å². The van der Waals surface area contributed by atoms with Crippen molar-refractivity contribution in [3.05, 3.63) is 34.9 Å². The number of hydrogen-bond acceptors (Lipinski definition) is 8. The molecule has 2 rings (SSSR count). The van der Waals surface area contributed by atoms with Crippen molar-refractivity contribution in [3.8, 4) is 0 Å². The first kappa shape index (κ1) is 32.6. The van der Waals surface area contributed by atoms with E-state index in [4.69, 9.17) is 16.3 Å². The first-order chi connectivity index (χ1) is 16.4. The van der Waals surface area contributed by atoms with Crippen LogP contribution in [0.15, 0.2) is 24.3 Å². The number of carbonyl (C=O) groups excluding carboxylic acids is 3. The molecule has 0 aliphatic carbocycles. The third-order valence-electron chi connectivity index (χ3n) is 5.50. The summed E-state index contributed by atoms with van der Waals surface area (Å²) in [4.78, 5) is 37.1. The Labute approximate surface area is 238 Å². The van der Waals surface area contributed by atoms with Gasteiger partial charge in [0.15, 0.2) is 5.44 Å². The van der Waals surface area contributed by atoms with Crippen molar-refractivity contribution in [1.29, 1.82) is 0 Å². The summed E-state index contributed by atoms with van der Waals surface area (Å²) >= 11 is 5.93. The topological polar surface area (TPSA) is 174 Å². The second-order valence-corrected chi connectivity index (χ2v) is 10.8. The number of ether oxygens (including phenoxy) is 1. The zero-order valence-electron chi connectivity index (χ0n) is 20.5. The normalized spacial score (nSPS) is 17.9. The van der Waals surface area contributed by atoms with Gasteiger partial charge in [-0.3, -0.25) is 9.59 Å². The van der Waals surface area contributed by atoms with Crippen LogP contribution in [-0.4, -0.2) is 66.7 Å². The smallest absolute Gasteiger partial charge is 0.746 e. The first-order valence-corrected chi connectivity index (χ1v) is 13.1. The van der Waals surface area contributed by atoms with Gasteiger partial charge in [0.25, 0.3) is 0 Å². The molecule has 0 radical (unpaired) electrons. The number of carbonyl (C=O) groups is 3. The zero-order chi connectivity index (χ0) is 26.2. The van der Waals surface area contributed by atoms with Gasteiger partial charge in [0.05, 0.1) is 12.6 Å². The molecule has 4 atom stereocenters. The van der Waals surface area contributed by atoms with E-state index in [2.05, 4.69) is 16.0 Å². The van der Waals surface area contributed by atoms with Crippen molar-refractivity contribution in [2.75, 3.05) is 13.2 Å². The molecule has 3 amide bonds. The number of amides is 3. The standard InChI is InChI=1S/C22H32ClN3O8S.Na/c1-13(2)10-17(26-22(30)34-9-7-14-4-3-5-16(23)11-14)20(28)25-18(21(29)35(31,32)33)12-15-6-8-24-19(15)27;/h3-5,11,13,15,17-18,21,29H,6-10,12H2,1-2H3,(H,24,27)(H,25,28)(H,26,30)(H,31,32,33);/q;+1/p-1/t15-,17-,18-,21?;/m0./s1. The number of aliphatic hydroxyl groups is 1. The van der Waals surface area contributed by atoms with Gasteiger partial charge in [-0.05, 0) is 42.9 Å². The fourth-order valence-corrected chi connectivity index (χ4v) is 4.54. The number of aliphatic hydroxyl groups excluding tert-OH is 1. The van der Waals surface area contributed by atoms with E-state index in [1.54, 1.807) is 18.2 Å². The van der Waals surface area contributed by atoms with Crippen molar-refractivity contribution in [3.63, 3.8) is 0 Å². The SMILES string of the molecule is CC(C)C[C@H](NC(=O)OCCc1cccc(Cl)c1)C(=O)N[C@@H](C[C@@H]1CCNC1=O)C(O)S(=O)(=O)[O-].[Na+]. The Hall–Kier alpha value is -1.41. The fraction of sp³-hybridized carbons (Fsp3) is 0.591. The molecule has 14 heteroatoms. The Balaban J connectivity index is 0.00000648. The van der Waals surface area contributed by atoms with Crippen molar-refractivity contribution >= 4 is 39.6 Å². The van der Waals surface area contributed by atoms with Gasteiger partial charge in [0.2, 0.25) is 11.8 Å². The van der Waals surface area contributed by atoms with E-state index in [-0.39, 0.29) is 60.8 Å². The molecule has 0 aromatic heterocycles. The fourth-order valence-electron chi connectivity index (χ4n) is 3.75. The summed E-state index contributed by atoms with van der Waals surface area (Å²) in [7, 11) is -5.18. The Morgan fingerprint density at radius 1 is 1.31 bits per heavy atom. The third-order valence-corrected chi connectivity index (χ3v) is 6.65. The summed E-state index contributed by atoms with van der Waals surface area (Å²) in [6.07, 6.45) is -0.181. The van der Waals surface area contributed by atoms with Crippen LogP contribution in [0.3, 0.4) is 0 Å². The molecule has 1 aromatic rings. The summed E-state index contributed by atoms with van der Waals surface area (Å²) in [5.41, 5.74) is -1.60. The van der Waals surface area contributed by atoms with Crippen molar-refractivity contribution in [1.82, 2.24) is 16.0 Å². The molecular weight excluding hydrogens is 525 g/mol. The zero-order valence-corrected chi connectivity index (χ0v) is 24.1. The number of nitrogens with one attached hydrogen (secondary N) is 3.